The van der Waals surface area contributed by atoms with E-state index in [0.29, 0.717) is 30.2 Å². The molecule has 0 saturated heterocycles. The lowest BCUT2D eigenvalue weighted by atomic mass is 10.2. The Hall–Kier alpha value is -3.07. The fourth-order valence-corrected chi connectivity index (χ4v) is 3.07. The van der Waals surface area contributed by atoms with Gasteiger partial charge in [-0.25, -0.2) is 14.5 Å². The molecule has 0 atom stereocenters. The van der Waals surface area contributed by atoms with Gasteiger partial charge in [0.15, 0.2) is 0 Å². The van der Waals surface area contributed by atoms with Crippen LogP contribution in [0.5, 0.6) is 11.5 Å². The number of ether oxygens (including phenoxy) is 2. The molecule has 0 saturated carbocycles. The van der Waals surface area contributed by atoms with Crippen molar-refractivity contribution in [1.29, 1.82) is 0 Å². The fourth-order valence-electron chi connectivity index (χ4n) is 2.27. The molecule has 2 aromatic heterocycles. The highest BCUT2D eigenvalue weighted by molar-refractivity contribution is 7.12. The van der Waals surface area contributed by atoms with Crippen LogP contribution in [0.15, 0.2) is 42.0 Å². The molecule has 3 rings (SSSR count). The van der Waals surface area contributed by atoms with E-state index in [9.17, 15) is 4.79 Å². The summed E-state index contributed by atoms with van der Waals surface area (Å²) >= 11 is 1.51. The molecule has 0 aliphatic rings. The quantitative estimate of drug-likeness (QED) is 0.665. The molecule has 0 aliphatic heterocycles. The van der Waals surface area contributed by atoms with Gasteiger partial charge in [0, 0.05) is 36.8 Å². The van der Waals surface area contributed by atoms with Gasteiger partial charge in [0.25, 0.3) is 0 Å². The summed E-state index contributed by atoms with van der Waals surface area (Å²) in [6, 6.07) is 6.73. The summed E-state index contributed by atoms with van der Waals surface area (Å²) in [5.74, 6) is 1.19. The first-order valence-electron chi connectivity index (χ1n) is 7.91. The van der Waals surface area contributed by atoms with Gasteiger partial charge < -0.3 is 20.1 Å². The average Bonchev–Trinajstić information content (AvgIpc) is 3.33. The van der Waals surface area contributed by atoms with Crippen LogP contribution in [-0.2, 0) is 6.42 Å². The van der Waals surface area contributed by atoms with Gasteiger partial charge in [0.05, 0.1) is 25.6 Å². The summed E-state index contributed by atoms with van der Waals surface area (Å²) in [6.45, 7) is 0.465. The lowest BCUT2D eigenvalue weighted by Crippen LogP contribution is -2.30. The van der Waals surface area contributed by atoms with Crippen LogP contribution < -0.4 is 20.1 Å². The Bertz CT molecular complexity index is 863. The fraction of sp³-hybridized carbons (Fsp3) is 0.235. The maximum atomic E-state index is 12.1. The first-order valence-corrected chi connectivity index (χ1v) is 8.79. The summed E-state index contributed by atoms with van der Waals surface area (Å²) in [5, 5.41) is 12.5. The number of thiazole rings is 1. The number of carbonyl (C=O) groups excluding carboxylic acids is 1. The highest BCUT2D eigenvalue weighted by Crippen LogP contribution is 2.28. The lowest BCUT2D eigenvalue weighted by Gasteiger charge is -2.12. The molecule has 9 heteroatoms. The third-order valence-electron chi connectivity index (χ3n) is 3.56. The number of hydrogen-bond donors (Lipinski definition) is 2. The van der Waals surface area contributed by atoms with Crippen molar-refractivity contribution < 1.29 is 14.3 Å². The molecule has 2 N–H and O–H groups in total. The molecule has 0 bridgehead atoms. The van der Waals surface area contributed by atoms with Crippen molar-refractivity contribution in [2.45, 2.75) is 6.42 Å². The van der Waals surface area contributed by atoms with E-state index < -0.39 is 0 Å². The topological polar surface area (TPSA) is 90.3 Å². The zero-order chi connectivity index (χ0) is 18.4. The largest absolute Gasteiger partial charge is 0.497 e. The van der Waals surface area contributed by atoms with Gasteiger partial charge in [-0.05, 0) is 18.2 Å². The number of amides is 2. The second-order valence-electron chi connectivity index (χ2n) is 5.27. The van der Waals surface area contributed by atoms with Crippen molar-refractivity contribution >= 4 is 23.1 Å². The van der Waals surface area contributed by atoms with Crippen molar-refractivity contribution in [2.75, 3.05) is 26.1 Å². The van der Waals surface area contributed by atoms with Crippen molar-refractivity contribution in [3.8, 4) is 16.6 Å². The third-order valence-corrected chi connectivity index (χ3v) is 4.44. The standard InChI is InChI=1S/C17H19N5O3S/c1-24-13-4-5-14(15(10-13)25-2)21-16(23)18-8-6-12-11-26-17(20-12)22-9-3-7-19-22/h3-5,7,9-11H,6,8H2,1-2H3,(H2,18,21,23). The zero-order valence-corrected chi connectivity index (χ0v) is 15.2. The van der Waals surface area contributed by atoms with E-state index in [2.05, 4.69) is 20.7 Å². The molecule has 26 heavy (non-hydrogen) atoms. The van der Waals surface area contributed by atoms with Crippen LogP contribution in [0.1, 0.15) is 5.69 Å². The summed E-state index contributed by atoms with van der Waals surface area (Å²) in [7, 11) is 3.11. The summed E-state index contributed by atoms with van der Waals surface area (Å²) in [4.78, 5) is 16.6. The normalized spacial score (nSPS) is 10.4. The summed E-state index contributed by atoms with van der Waals surface area (Å²) in [6.07, 6.45) is 4.18. The molecule has 8 nitrogen and oxygen atoms in total. The molecular weight excluding hydrogens is 354 g/mol. The molecule has 1 aromatic carbocycles. The van der Waals surface area contributed by atoms with E-state index in [1.807, 2.05) is 17.6 Å². The van der Waals surface area contributed by atoms with E-state index in [-0.39, 0.29) is 6.03 Å². The maximum absolute atomic E-state index is 12.1. The van der Waals surface area contributed by atoms with E-state index >= 15 is 0 Å². The van der Waals surface area contributed by atoms with E-state index in [4.69, 9.17) is 9.47 Å². The number of aromatic nitrogens is 3. The molecule has 0 fully saturated rings. The van der Waals surface area contributed by atoms with Gasteiger partial charge in [-0.15, -0.1) is 11.3 Å². The minimum atomic E-state index is -0.309. The minimum Gasteiger partial charge on any atom is -0.497 e. The van der Waals surface area contributed by atoms with Gasteiger partial charge in [-0.3, -0.25) is 0 Å². The number of benzene rings is 1. The number of carbonyl (C=O) groups is 1. The van der Waals surface area contributed by atoms with Crippen molar-refractivity contribution in [2.24, 2.45) is 0 Å². The first kappa shape index (κ1) is 17.7. The van der Waals surface area contributed by atoms with Gasteiger partial charge in [0.1, 0.15) is 11.5 Å². The predicted molar refractivity (Wildman–Crippen MR) is 99.5 cm³/mol. The minimum absolute atomic E-state index is 0.309. The zero-order valence-electron chi connectivity index (χ0n) is 14.4. The Morgan fingerprint density at radius 2 is 2.19 bits per heavy atom. The SMILES string of the molecule is COc1ccc(NC(=O)NCCc2csc(-n3cccn3)n2)c(OC)c1. The van der Waals surface area contributed by atoms with E-state index in [1.54, 1.807) is 36.2 Å². The summed E-state index contributed by atoms with van der Waals surface area (Å²) < 4.78 is 12.1. The Balaban J connectivity index is 1.50. The molecule has 0 radical (unpaired) electrons. The van der Waals surface area contributed by atoms with Gasteiger partial charge >= 0.3 is 6.03 Å². The number of hydrogen-bond acceptors (Lipinski definition) is 6. The predicted octanol–water partition coefficient (Wildman–Crippen LogP) is 2.71. The Kier molecular flexibility index (Phi) is 5.69. The molecule has 3 aromatic rings. The second-order valence-corrected chi connectivity index (χ2v) is 6.11. The number of urea groups is 1. The van der Waals surface area contributed by atoms with Crippen LogP contribution in [0.4, 0.5) is 10.5 Å². The van der Waals surface area contributed by atoms with Crippen LogP contribution in [0.2, 0.25) is 0 Å². The molecule has 136 valence electrons. The second kappa shape index (κ2) is 8.34. The molecule has 2 amide bonds. The molecule has 0 unspecified atom stereocenters. The smallest absolute Gasteiger partial charge is 0.319 e. The van der Waals surface area contributed by atoms with Gasteiger partial charge in [-0.2, -0.15) is 5.10 Å². The van der Waals surface area contributed by atoms with Crippen molar-refractivity contribution in [3.05, 3.63) is 47.7 Å². The maximum Gasteiger partial charge on any atom is 0.319 e. The van der Waals surface area contributed by atoms with Crippen LogP contribution in [0.25, 0.3) is 5.13 Å². The Morgan fingerprint density at radius 1 is 1.31 bits per heavy atom. The molecule has 0 aliphatic carbocycles. The van der Waals surface area contributed by atoms with Crippen LogP contribution in [-0.4, -0.2) is 41.6 Å². The molecule has 2 heterocycles. The van der Waals surface area contributed by atoms with Gasteiger partial charge in [-0.1, -0.05) is 0 Å². The highest BCUT2D eigenvalue weighted by Gasteiger charge is 2.09. The van der Waals surface area contributed by atoms with Crippen LogP contribution in [0.3, 0.4) is 0 Å². The molecule has 0 spiro atoms. The third kappa shape index (κ3) is 4.31. The number of anilines is 1. The van der Waals surface area contributed by atoms with E-state index in [0.717, 1.165) is 10.8 Å². The number of rotatable bonds is 7. The van der Waals surface area contributed by atoms with Crippen molar-refractivity contribution in [3.63, 3.8) is 0 Å². The number of nitrogens with zero attached hydrogens (tertiary/aromatic N) is 3. The van der Waals surface area contributed by atoms with Gasteiger partial charge in [0.2, 0.25) is 5.13 Å². The number of methoxy groups -OCH3 is 2. The molecular formula is C17H19N5O3S. The lowest BCUT2D eigenvalue weighted by molar-refractivity contribution is 0.252. The van der Waals surface area contributed by atoms with Crippen LogP contribution >= 0.6 is 11.3 Å². The van der Waals surface area contributed by atoms with Crippen molar-refractivity contribution in [1.82, 2.24) is 20.1 Å². The Morgan fingerprint density at radius 3 is 2.92 bits per heavy atom. The highest BCUT2D eigenvalue weighted by atomic mass is 32.1. The van der Waals surface area contributed by atoms with E-state index in [1.165, 1.54) is 18.4 Å². The first-order chi connectivity index (χ1) is 12.7. The summed E-state index contributed by atoms with van der Waals surface area (Å²) in [5.41, 5.74) is 1.48. The van der Waals surface area contributed by atoms with Crippen LogP contribution in [0, 0.1) is 0 Å². The monoisotopic (exact) mass is 373 g/mol. The average molecular weight is 373 g/mol. The number of nitrogens with one attached hydrogen (secondary N) is 2. The Labute approximate surface area is 154 Å².